The summed E-state index contributed by atoms with van der Waals surface area (Å²) in [6.07, 6.45) is 0. The maximum atomic E-state index is 12.0. The molecule has 0 saturated heterocycles. The van der Waals surface area contributed by atoms with Crippen molar-refractivity contribution in [2.75, 3.05) is 20.8 Å². The minimum atomic E-state index is -0.536. The highest BCUT2D eigenvalue weighted by Crippen LogP contribution is 2.31. The Morgan fingerprint density at radius 2 is 1.71 bits per heavy atom. The molecule has 0 spiro atoms. The van der Waals surface area contributed by atoms with Gasteiger partial charge in [0, 0.05) is 5.56 Å². The quantitative estimate of drug-likeness (QED) is 0.496. The lowest BCUT2D eigenvalue weighted by atomic mass is 9.87. The van der Waals surface area contributed by atoms with Crippen LogP contribution in [0.15, 0.2) is 47.0 Å². The second-order valence-corrected chi connectivity index (χ2v) is 7.81. The van der Waals surface area contributed by atoms with Gasteiger partial charge in [-0.25, -0.2) is 4.79 Å². The third kappa shape index (κ3) is 5.75. The van der Waals surface area contributed by atoms with Gasteiger partial charge in [-0.05, 0) is 41.3 Å². The molecule has 0 fully saturated rings. The van der Waals surface area contributed by atoms with Crippen molar-refractivity contribution in [3.05, 3.63) is 53.9 Å². The summed E-state index contributed by atoms with van der Waals surface area (Å²) in [5, 5.41) is 3.91. The predicted octanol–water partition coefficient (Wildman–Crippen LogP) is 4.17. The van der Waals surface area contributed by atoms with Crippen molar-refractivity contribution in [3.63, 3.8) is 0 Å². The van der Waals surface area contributed by atoms with Crippen LogP contribution < -0.4 is 14.2 Å². The number of carbonyl (C=O) groups is 1. The molecule has 0 aliphatic heterocycles. The van der Waals surface area contributed by atoms with Crippen LogP contribution in [-0.4, -0.2) is 36.9 Å². The molecule has 0 saturated carbocycles. The van der Waals surface area contributed by atoms with Gasteiger partial charge in [0.05, 0.1) is 14.2 Å². The third-order valence-electron chi connectivity index (χ3n) is 4.54. The van der Waals surface area contributed by atoms with E-state index in [0.717, 1.165) is 0 Å². The Morgan fingerprint density at radius 3 is 2.35 bits per heavy atom. The monoisotopic (exact) mass is 426 g/mol. The maximum absolute atomic E-state index is 12.0. The Hall–Kier alpha value is -3.55. The van der Waals surface area contributed by atoms with Gasteiger partial charge in [-0.15, -0.1) is 0 Å². The summed E-state index contributed by atoms with van der Waals surface area (Å²) in [5.41, 5.74) is 1.92. The molecule has 3 aromatic rings. The third-order valence-corrected chi connectivity index (χ3v) is 4.54. The van der Waals surface area contributed by atoms with E-state index in [2.05, 4.69) is 30.9 Å². The van der Waals surface area contributed by atoms with Gasteiger partial charge in [-0.2, -0.15) is 4.98 Å². The van der Waals surface area contributed by atoms with Crippen molar-refractivity contribution >= 4 is 5.97 Å². The highest BCUT2D eigenvalue weighted by atomic mass is 16.6. The zero-order chi connectivity index (χ0) is 22.4. The number of aromatic nitrogens is 2. The van der Waals surface area contributed by atoms with Crippen molar-refractivity contribution in [2.24, 2.45) is 0 Å². The number of esters is 1. The molecular weight excluding hydrogens is 400 g/mol. The lowest BCUT2D eigenvalue weighted by molar-refractivity contribution is -0.148. The minimum Gasteiger partial charge on any atom is -0.493 e. The van der Waals surface area contributed by atoms with Crippen LogP contribution in [0.1, 0.15) is 32.2 Å². The van der Waals surface area contributed by atoms with Gasteiger partial charge < -0.3 is 23.5 Å². The van der Waals surface area contributed by atoms with Gasteiger partial charge in [0.15, 0.2) is 24.7 Å². The Morgan fingerprint density at radius 1 is 1.00 bits per heavy atom. The molecule has 164 valence electrons. The van der Waals surface area contributed by atoms with Crippen LogP contribution in [0.3, 0.4) is 0 Å². The highest BCUT2D eigenvalue weighted by Gasteiger charge is 2.15. The summed E-state index contributed by atoms with van der Waals surface area (Å²) < 4.78 is 26.3. The first-order chi connectivity index (χ1) is 14.8. The molecule has 1 aromatic heterocycles. The molecule has 0 N–H and O–H groups in total. The number of nitrogens with zero attached hydrogens (tertiary/aromatic N) is 2. The summed E-state index contributed by atoms with van der Waals surface area (Å²) in [5.74, 6) is 1.72. The molecule has 8 nitrogen and oxygen atoms in total. The number of hydrogen-bond acceptors (Lipinski definition) is 8. The second-order valence-electron chi connectivity index (χ2n) is 7.81. The fraction of sp³-hybridized carbons (Fsp3) is 0.348. The molecule has 8 heteroatoms. The Kier molecular flexibility index (Phi) is 6.79. The zero-order valence-corrected chi connectivity index (χ0v) is 18.3. The average molecular weight is 426 g/mol. The fourth-order valence-corrected chi connectivity index (χ4v) is 2.78. The van der Waals surface area contributed by atoms with Gasteiger partial charge in [-0.3, -0.25) is 0 Å². The van der Waals surface area contributed by atoms with E-state index in [4.69, 9.17) is 23.5 Å². The normalized spacial score (nSPS) is 11.1. The topological polar surface area (TPSA) is 92.9 Å². The lowest BCUT2D eigenvalue weighted by Gasteiger charge is -2.19. The van der Waals surface area contributed by atoms with Gasteiger partial charge in [0.2, 0.25) is 5.82 Å². The Labute approximate surface area is 181 Å². The van der Waals surface area contributed by atoms with Crippen LogP contribution in [-0.2, 0) is 21.6 Å². The van der Waals surface area contributed by atoms with E-state index >= 15 is 0 Å². The fourth-order valence-electron chi connectivity index (χ4n) is 2.78. The van der Waals surface area contributed by atoms with Crippen molar-refractivity contribution in [3.8, 4) is 28.6 Å². The molecule has 0 radical (unpaired) electrons. The molecule has 0 atom stereocenters. The molecule has 0 bridgehead atoms. The lowest BCUT2D eigenvalue weighted by Crippen LogP contribution is -2.15. The van der Waals surface area contributed by atoms with E-state index in [9.17, 15) is 4.79 Å². The average Bonchev–Trinajstić information content (AvgIpc) is 3.24. The van der Waals surface area contributed by atoms with Crippen LogP contribution in [0.25, 0.3) is 11.4 Å². The molecule has 2 aromatic carbocycles. The summed E-state index contributed by atoms with van der Waals surface area (Å²) >= 11 is 0. The standard InChI is InChI=1S/C23H26N2O6/c1-23(2,3)16-7-9-17(10-8-16)29-14-21(26)30-13-20-24-22(25-31-20)15-6-11-18(27-4)19(12-15)28-5/h6-12H,13-14H2,1-5H3. The van der Waals surface area contributed by atoms with Crippen LogP contribution >= 0.6 is 0 Å². The zero-order valence-electron chi connectivity index (χ0n) is 18.3. The number of rotatable bonds is 8. The number of benzene rings is 2. The van der Waals surface area contributed by atoms with Crippen molar-refractivity contribution in [2.45, 2.75) is 32.8 Å². The van der Waals surface area contributed by atoms with Gasteiger partial charge >= 0.3 is 5.97 Å². The number of hydrogen-bond donors (Lipinski definition) is 0. The van der Waals surface area contributed by atoms with Crippen LogP contribution in [0.5, 0.6) is 17.2 Å². The first-order valence-corrected chi connectivity index (χ1v) is 9.74. The number of ether oxygens (including phenoxy) is 4. The van der Waals surface area contributed by atoms with E-state index in [-0.39, 0.29) is 24.5 Å². The smallest absolute Gasteiger partial charge is 0.344 e. The Balaban J connectivity index is 1.52. The Bertz CT molecular complexity index is 1020. The van der Waals surface area contributed by atoms with Crippen molar-refractivity contribution in [1.29, 1.82) is 0 Å². The number of carbonyl (C=O) groups excluding carboxylic acids is 1. The summed E-state index contributed by atoms with van der Waals surface area (Å²) in [6, 6.07) is 12.9. The molecule has 1 heterocycles. The first-order valence-electron chi connectivity index (χ1n) is 9.74. The molecular formula is C23H26N2O6. The largest absolute Gasteiger partial charge is 0.493 e. The summed E-state index contributed by atoms with van der Waals surface area (Å²) in [4.78, 5) is 16.2. The summed E-state index contributed by atoms with van der Waals surface area (Å²) in [6.45, 7) is 6.04. The molecule has 31 heavy (non-hydrogen) atoms. The molecule has 0 aliphatic rings. The van der Waals surface area contributed by atoms with E-state index < -0.39 is 5.97 Å². The predicted molar refractivity (Wildman–Crippen MR) is 113 cm³/mol. The van der Waals surface area contributed by atoms with Crippen molar-refractivity contribution in [1.82, 2.24) is 10.1 Å². The maximum Gasteiger partial charge on any atom is 0.344 e. The van der Waals surface area contributed by atoms with Gasteiger partial charge in [0.25, 0.3) is 5.89 Å². The van der Waals surface area contributed by atoms with E-state index in [1.807, 2.05) is 24.3 Å². The molecule has 0 amide bonds. The molecule has 0 aliphatic carbocycles. The molecule has 0 unspecified atom stereocenters. The molecule has 3 rings (SSSR count). The van der Waals surface area contributed by atoms with E-state index in [1.54, 1.807) is 32.4 Å². The van der Waals surface area contributed by atoms with Crippen molar-refractivity contribution < 1.29 is 28.3 Å². The minimum absolute atomic E-state index is 0.0529. The SMILES string of the molecule is COc1ccc(-c2noc(COC(=O)COc3ccc(C(C)(C)C)cc3)n2)cc1OC. The second kappa shape index (κ2) is 9.51. The number of methoxy groups -OCH3 is 2. The first kappa shape index (κ1) is 22.1. The van der Waals surface area contributed by atoms with E-state index in [0.29, 0.717) is 28.6 Å². The van der Waals surface area contributed by atoms with Crippen LogP contribution in [0, 0.1) is 0 Å². The van der Waals surface area contributed by atoms with Gasteiger partial charge in [-0.1, -0.05) is 38.1 Å². The van der Waals surface area contributed by atoms with Gasteiger partial charge in [0.1, 0.15) is 5.75 Å². The van der Waals surface area contributed by atoms with E-state index in [1.165, 1.54) is 5.56 Å². The van der Waals surface area contributed by atoms with Crippen LogP contribution in [0.2, 0.25) is 0 Å². The summed E-state index contributed by atoms with van der Waals surface area (Å²) in [7, 11) is 3.10. The van der Waals surface area contributed by atoms with Crippen LogP contribution in [0.4, 0.5) is 0 Å². The highest BCUT2D eigenvalue weighted by molar-refractivity contribution is 5.71.